The van der Waals surface area contributed by atoms with Crippen LogP contribution in [0.15, 0.2) is 0 Å². The Morgan fingerprint density at radius 1 is 1.14 bits per heavy atom. The lowest BCUT2D eigenvalue weighted by molar-refractivity contribution is -0.142. The van der Waals surface area contributed by atoms with Crippen molar-refractivity contribution in [1.29, 1.82) is 0 Å². The van der Waals surface area contributed by atoms with E-state index >= 15 is 0 Å². The summed E-state index contributed by atoms with van der Waals surface area (Å²) in [5.74, 6) is 0.832. The molecule has 0 aromatic carbocycles. The van der Waals surface area contributed by atoms with E-state index in [2.05, 4.69) is 5.32 Å². The third-order valence-corrected chi connectivity index (χ3v) is 5.68. The smallest absolute Gasteiger partial charge is 0.248 e. The molecule has 2 aliphatic heterocycles. The Hall–Kier alpha value is -1.10. The fraction of sp³-hybridized carbons (Fsp3) is 0.875. The fourth-order valence-corrected chi connectivity index (χ4v) is 4.42. The van der Waals surface area contributed by atoms with Crippen molar-refractivity contribution < 1.29 is 14.3 Å². The van der Waals surface area contributed by atoms with E-state index in [0.717, 1.165) is 38.7 Å². The van der Waals surface area contributed by atoms with Crippen LogP contribution in [0.3, 0.4) is 0 Å². The van der Waals surface area contributed by atoms with E-state index in [1.807, 2.05) is 4.90 Å². The van der Waals surface area contributed by atoms with Gasteiger partial charge in [-0.15, -0.1) is 0 Å². The normalized spacial score (nSPS) is 36.1. The molecule has 21 heavy (non-hydrogen) atoms. The second-order valence-electron chi connectivity index (χ2n) is 7.11. The Bertz CT molecular complexity index is 454. The largest absolute Gasteiger partial charge is 0.376 e. The fourth-order valence-electron chi connectivity index (χ4n) is 4.42. The number of rotatable bonds is 2. The Morgan fingerprint density at radius 3 is 2.62 bits per heavy atom. The first-order valence-electron chi connectivity index (χ1n) is 8.43. The molecule has 4 fully saturated rings. The summed E-state index contributed by atoms with van der Waals surface area (Å²) in [4.78, 5) is 27.2. The van der Waals surface area contributed by atoms with Crippen LogP contribution >= 0.6 is 0 Å². The van der Waals surface area contributed by atoms with E-state index < -0.39 is 5.54 Å². The standard InChI is InChI=1S/C16H24N2O3/c19-13-5-9-18(12-6-10-21-14(12)11-3-4-11)15(20)16(17-13)7-1-2-8-16/h11-12,14H,1-10H2,(H,17,19). The third kappa shape index (κ3) is 2.26. The van der Waals surface area contributed by atoms with Crippen molar-refractivity contribution >= 4 is 11.8 Å². The number of amides is 2. The molecular formula is C16H24N2O3. The predicted octanol–water partition coefficient (Wildman–Crippen LogP) is 1.22. The van der Waals surface area contributed by atoms with Crippen LogP contribution in [0, 0.1) is 5.92 Å². The van der Waals surface area contributed by atoms with Crippen molar-refractivity contribution in [2.45, 2.75) is 69.1 Å². The lowest BCUT2D eigenvalue weighted by atomic mass is 9.94. The van der Waals surface area contributed by atoms with Crippen molar-refractivity contribution in [3.05, 3.63) is 0 Å². The van der Waals surface area contributed by atoms with Gasteiger partial charge in [-0.05, 0) is 38.0 Å². The molecular weight excluding hydrogens is 268 g/mol. The summed E-state index contributed by atoms with van der Waals surface area (Å²) in [5.41, 5.74) is -0.607. The minimum absolute atomic E-state index is 0.0367. The van der Waals surface area contributed by atoms with Crippen LogP contribution in [-0.4, -0.2) is 47.6 Å². The molecule has 5 heteroatoms. The highest BCUT2D eigenvalue weighted by Crippen LogP contribution is 2.42. The first-order valence-corrected chi connectivity index (χ1v) is 8.43. The average Bonchev–Trinajstić information content (AvgIpc) is 3.04. The molecule has 2 saturated heterocycles. The van der Waals surface area contributed by atoms with Crippen LogP contribution in [-0.2, 0) is 14.3 Å². The van der Waals surface area contributed by atoms with Crippen LogP contribution in [0.1, 0.15) is 51.4 Å². The maximum absolute atomic E-state index is 13.1. The highest BCUT2D eigenvalue weighted by atomic mass is 16.5. The van der Waals surface area contributed by atoms with Crippen LogP contribution < -0.4 is 5.32 Å². The van der Waals surface area contributed by atoms with Gasteiger partial charge in [0.15, 0.2) is 0 Å². The van der Waals surface area contributed by atoms with E-state index in [-0.39, 0.29) is 24.0 Å². The molecule has 1 N–H and O–H groups in total. The first-order chi connectivity index (χ1) is 10.2. The number of hydrogen-bond donors (Lipinski definition) is 1. The molecule has 5 nitrogen and oxygen atoms in total. The lowest BCUT2D eigenvalue weighted by Crippen LogP contribution is -2.58. The molecule has 0 aromatic heterocycles. The van der Waals surface area contributed by atoms with Gasteiger partial charge in [0.05, 0.1) is 12.1 Å². The molecule has 2 aliphatic carbocycles. The molecule has 4 rings (SSSR count). The van der Waals surface area contributed by atoms with Gasteiger partial charge in [-0.3, -0.25) is 9.59 Å². The molecule has 0 bridgehead atoms. The van der Waals surface area contributed by atoms with Gasteiger partial charge in [-0.25, -0.2) is 0 Å². The molecule has 0 radical (unpaired) electrons. The summed E-state index contributed by atoms with van der Waals surface area (Å²) in [6.45, 7) is 1.31. The molecule has 0 aromatic rings. The van der Waals surface area contributed by atoms with Gasteiger partial charge in [-0.1, -0.05) is 12.8 Å². The summed E-state index contributed by atoms with van der Waals surface area (Å²) < 4.78 is 5.91. The maximum Gasteiger partial charge on any atom is 0.248 e. The molecule has 116 valence electrons. The molecule has 2 heterocycles. The molecule has 4 aliphatic rings. The zero-order valence-electron chi connectivity index (χ0n) is 12.5. The molecule has 2 saturated carbocycles. The van der Waals surface area contributed by atoms with Gasteiger partial charge in [0.1, 0.15) is 5.54 Å². The first kappa shape index (κ1) is 13.6. The number of ether oxygens (including phenoxy) is 1. The SMILES string of the molecule is O=C1CCN(C2CCOC2C2CC2)C(=O)C2(CCCC2)N1. The lowest BCUT2D eigenvalue weighted by Gasteiger charge is -2.37. The van der Waals surface area contributed by atoms with Crippen molar-refractivity contribution in [1.82, 2.24) is 10.2 Å². The monoisotopic (exact) mass is 292 g/mol. The van der Waals surface area contributed by atoms with Gasteiger partial charge >= 0.3 is 0 Å². The Balaban J connectivity index is 1.60. The summed E-state index contributed by atoms with van der Waals surface area (Å²) in [7, 11) is 0. The second kappa shape index (κ2) is 4.97. The number of nitrogens with one attached hydrogen (secondary N) is 1. The Morgan fingerprint density at radius 2 is 1.90 bits per heavy atom. The minimum Gasteiger partial charge on any atom is -0.376 e. The average molecular weight is 292 g/mol. The predicted molar refractivity (Wildman–Crippen MR) is 76.5 cm³/mol. The van der Waals surface area contributed by atoms with Gasteiger partial charge in [0.25, 0.3) is 0 Å². The quantitative estimate of drug-likeness (QED) is 0.832. The maximum atomic E-state index is 13.1. The highest BCUT2D eigenvalue weighted by molar-refractivity contribution is 5.94. The topological polar surface area (TPSA) is 58.6 Å². The number of carbonyl (C=O) groups excluding carboxylic acids is 2. The van der Waals surface area contributed by atoms with E-state index in [1.54, 1.807) is 0 Å². The number of carbonyl (C=O) groups is 2. The Labute approximate surface area is 125 Å². The van der Waals surface area contributed by atoms with Gasteiger partial charge < -0.3 is 15.0 Å². The van der Waals surface area contributed by atoms with Gasteiger partial charge in [-0.2, -0.15) is 0 Å². The van der Waals surface area contributed by atoms with Gasteiger partial charge in [0.2, 0.25) is 11.8 Å². The summed E-state index contributed by atoms with van der Waals surface area (Å²) in [6.07, 6.45) is 7.70. The van der Waals surface area contributed by atoms with E-state index in [1.165, 1.54) is 12.8 Å². The van der Waals surface area contributed by atoms with Crippen LogP contribution in [0.25, 0.3) is 0 Å². The van der Waals surface area contributed by atoms with Crippen molar-refractivity contribution in [3.8, 4) is 0 Å². The third-order valence-electron chi connectivity index (χ3n) is 5.68. The molecule has 1 spiro atoms. The highest BCUT2D eigenvalue weighted by Gasteiger charge is 2.51. The number of nitrogens with zero attached hydrogens (tertiary/aromatic N) is 1. The van der Waals surface area contributed by atoms with Crippen molar-refractivity contribution in [2.75, 3.05) is 13.2 Å². The molecule has 2 atom stereocenters. The van der Waals surface area contributed by atoms with Crippen LogP contribution in [0.2, 0.25) is 0 Å². The summed E-state index contributed by atoms with van der Waals surface area (Å²) in [5, 5.41) is 3.05. The summed E-state index contributed by atoms with van der Waals surface area (Å²) in [6, 6.07) is 0.190. The summed E-state index contributed by atoms with van der Waals surface area (Å²) >= 11 is 0. The Kier molecular flexibility index (Phi) is 3.21. The van der Waals surface area contributed by atoms with Gasteiger partial charge in [0, 0.05) is 19.6 Å². The number of hydrogen-bond acceptors (Lipinski definition) is 3. The zero-order chi connectivity index (χ0) is 14.4. The molecule has 2 amide bonds. The van der Waals surface area contributed by atoms with Crippen LogP contribution in [0.5, 0.6) is 0 Å². The van der Waals surface area contributed by atoms with Crippen molar-refractivity contribution in [3.63, 3.8) is 0 Å². The zero-order valence-corrected chi connectivity index (χ0v) is 12.5. The molecule has 2 unspecified atom stereocenters. The van der Waals surface area contributed by atoms with Crippen LogP contribution in [0.4, 0.5) is 0 Å². The van der Waals surface area contributed by atoms with E-state index in [0.29, 0.717) is 18.9 Å². The van der Waals surface area contributed by atoms with Crippen molar-refractivity contribution in [2.24, 2.45) is 5.92 Å². The second-order valence-corrected chi connectivity index (χ2v) is 7.11. The van der Waals surface area contributed by atoms with E-state index in [9.17, 15) is 9.59 Å². The van der Waals surface area contributed by atoms with E-state index in [4.69, 9.17) is 4.74 Å². The minimum atomic E-state index is -0.607.